The van der Waals surface area contributed by atoms with Gasteiger partial charge < -0.3 is 19.5 Å². The van der Waals surface area contributed by atoms with Crippen LogP contribution in [-0.4, -0.2) is 37.1 Å². The molecule has 1 saturated heterocycles. The van der Waals surface area contributed by atoms with Crippen molar-refractivity contribution in [2.45, 2.75) is 44.1 Å². The zero-order valence-corrected chi connectivity index (χ0v) is 19.4. The summed E-state index contributed by atoms with van der Waals surface area (Å²) in [6, 6.07) is 30.2. The second kappa shape index (κ2) is 9.77. The first-order valence-electron chi connectivity index (χ1n) is 11.3. The van der Waals surface area contributed by atoms with Crippen LogP contribution in [0.5, 0.6) is 0 Å². The molecule has 3 aromatic carbocycles. The van der Waals surface area contributed by atoms with E-state index in [1.807, 2.05) is 75.4 Å². The van der Waals surface area contributed by atoms with Crippen LogP contribution in [0.2, 0.25) is 0 Å². The monoisotopic (exact) mass is 445 g/mol. The molecule has 1 heterocycles. The molecule has 0 aliphatic carbocycles. The van der Waals surface area contributed by atoms with E-state index in [4.69, 9.17) is 14.2 Å². The number of alkyl carbamates (subject to hydrolysis) is 1. The predicted molar refractivity (Wildman–Crippen MR) is 128 cm³/mol. The van der Waals surface area contributed by atoms with E-state index in [0.717, 1.165) is 16.7 Å². The summed E-state index contributed by atoms with van der Waals surface area (Å²) in [7, 11) is 0. The minimum absolute atomic E-state index is 0.0995. The quantitative estimate of drug-likeness (QED) is 0.378. The van der Waals surface area contributed by atoms with Crippen molar-refractivity contribution in [3.8, 4) is 0 Å². The van der Waals surface area contributed by atoms with Crippen molar-refractivity contribution in [3.05, 3.63) is 108 Å². The fraction of sp³-hybridized carbons (Fsp3) is 0.321. The largest absolute Gasteiger partial charge is 0.444 e. The molecule has 0 unspecified atom stereocenters. The van der Waals surface area contributed by atoms with Crippen LogP contribution in [0.4, 0.5) is 4.79 Å². The molecule has 2 atom stereocenters. The summed E-state index contributed by atoms with van der Waals surface area (Å²) in [6.45, 7) is 6.37. The van der Waals surface area contributed by atoms with Crippen molar-refractivity contribution in [1.82, 2.24) is 5.32 Å². The van der Waals surface area contributed by atoms with Crippen LogP contribution in [-0.2, 0) is 19.8 Å². The Morgan fingerprint density at radius 1 is 0.879 bits per heavy atom. The molecule has 1 amide bonds. The van der Waals surface area contributed by atoms with Gasteiger partial charge in [0.1, 0.15) is 17.3 Å². The van der Waals surface area contributed by atoms with Crippen LogP contribution in [0.15, 0.2) is 91.0 Å². The highest BCUT2D eigenvalue weighted by Gasteiger charge is 2.41. The van der Waals surface area contributed by atoms with Gasteiger partial charge in [-0.3, -0.25) is 0 Å². The molecule has 1 fully saturated rings. The maximum Gasteiger partial charge on any atom is 0.408 e. The van der Waals surface area contributed by atoms with Crippen LogP contribution in [0, 0.1) is 0 Å². The van der Waals surface area contributed by atoms with Crippen molar-refractivity contribution in [2.24, 2.45) is 0 Å². The van der Waals surface area contributed by atoms with E-state index < -0.39 is 17.3 Å². The predicted octanol–water partition coefficient (Wildman–Crippen LogP) is 5.29. The SMILES string of the molecule is CC(C)(C)OC(=O)N[C@H](COC(c1ccccc1)(c1ccccc1)c1ccccc1)[C@H]1CO1. The number of carbonyl (C=O) groups excluding carboxylic acids is 1. The van der Waals surface area contributed by atoms with E-state index in [1.54, 1.807) is 0 Å². The first-order chi connectivity index (χ1) is 15.9. The first kappa shape index (κ1) is 23.0. The topological polar surface area (TPSA) is 60.1 Å². The number of epoxide rings is 1. The van der Waals surface area contributed by atoms with E-state index in [-0.39, 0.29) is 18.8 Å². The molecule has 5 heteroatoms. The Bertz CT molecular complexity index is 931. The Morgan fingerprint density at radius 2 is 1.30 bits per heavy atom. The molecule has 0 aromatic heterocycles. The van der Waals surface area contributed by atoms with Gasteiger partial charge in [-0.2, -0.15) is 0 Å². The molecular weight excluding hydrogens is 414 g/mol. The van der Waals surface area contributed by atoms with E-state index in [0.29, 0.717) is 6.61 Å². The highest BCUT2D eigenvalue weighted by Crippen LogP contribution is 2.40. The van der Waals surface area contributed by atoms with Gasteiger partial charge in [0, 0.05) is 0 Å². The number of amides is 1. The van der Waals surface area contributed by atoms with Crippen LogP contribution in [0.1, 0.15) is 37.5 Å². The number of hydrogen-bond acceptors (Lipinski definition) is 4. The summed E-state index contributed by atoms with van der Waals surface area (Å²) < 4.78 is 17.8. The Morgan fingerprint density at radius 3 is 1.67 bits per heavy atom. The zero-order chi connectivity index (χ0) is 23.3. The van der Waals surface area contributed by atoms with Gasteiger partial charge in [-0.05, 0) is 37.5 Å². The second-order valence-corrected chi connectivity index (χ2v) is 9.21. The standard InChI is InChI=1S/C28H31NO4/c1-27(2,3)33-26(30)29-24(25-20-31-25)19-32-28(21-13-7-4-8-14-21,22-15-9-5-10-16-22)23-17-11-6-12-18-23/h4-18,24-25H,19-20H2,1-3H3,(H,29,30)/t24-,25-/m1/s1. The maximum atomic E-state index is 12.5. The summed E-state index contributed by atoms with van der Waals surface area (Å²) in [5, 5.41) is 2.95. The number of rotatable bonds is 8. The van der Waals surface area contributed by atoms with Gasteiger partial charge in [0.15, 0.2) is 0 Å². The Balaban J connectivity index is 1.70. The third-order valence-corrected chi connectivity index (χ3v) is 5.53. The molecule has 1 N–H and O–H groups in total. The lowest BCUT2D eigenvalue weighted by Gasteiger charge is -2.37. The third-order valence-electron chi connectivity index (χ3n) is 5.53. The van der Waals surface area contributed by atoms with Gasteiger partial charge in [0.2, 0.25) is 0 Å². The highest BCUT2D eigenvalue weighted by atomic mass is 16.6. The number of carbonyl (C=O) groups is 1. The number of ether oxygens (including phenoxy) is 3. The third kappa shape index (κ3) is 5.62. The van der Waals surface area contributed by atoms with Crippen LogP contribution < -0.4 is 5.32 Å². The lowest BCUT2D eigenvalue weighted by molar-refractivity contribution is -0.00765. The fourth-order valence-electron chi connectivity index (χ4n) is 3.97. The van der Waals surface area contributed by atoms with E-state index in [2.05, 4.69) is 41.7 Å². The smallest absolute Gasteiger partial charge is 0.408 e. The molecule has 4 rings (SSSR count). The first-order valence-corrected chi connectivity index (χ1v) is 11.3. The van der Waals surface area contributed by atoms with Crippen molar-refractivity contribution in [3.63, 3.8) is 0 Å². The van der Waals surface area contributed by atoms with Crippen LogP contribution in [0.3, 0.4) is 0 Å². The molecule has 0 radical (unpaired) electrons. The van der Waals surface area contributed by atoms with E-state index in [1.165, 1.54) is 0 Å². The van der Waals surface area contributed by atoms with Gasteiger partial charge in [-0.15, -0.1) is 0 Å². The van der Waals surface area contributed by atoms with Gasteiger partial charge in [-0.25, -0.2) is 4.79 Å². The maximum absolute atomic E-state index is 12.5. The average molecular weight is 446 g/mol. The molecule has 3 aromatic rings. The van der Waals surface area contributed by atoms with Gasteiger partial charge in [0.05, 0.1) is 19.3 Å². The minimum atomic E-state index is -0.855. The summed E-state index contributed by atoms with van der Waals surface area (Å²) in [5.74, 6) is 0. The van der Waals surface area contributed by atoms with E-state index in [9.17, 15) is 4.79 Å². The minimum Gasteiger partial charge on any atom is -0.444 e. The normalized spacial score (nSPS) is 16.6. The summed E-state index contributed by atoms with van der Waals surface area (Å²) >= 11 is 0. The molecular formula is C28H31NO4. The summed E-state index contributed by atoms with van der Waals surface area (Å²) in [4.78, 5) is 12.5. The Hall–Kier alpha value is -3.15. The van der Waals surface area contributed by atoms with E-state index >= 15 is 0 Å². The number of benzene rings is 3. The van der Waals surface area contributed by atoms with Gasteiger partial charge in [-0.1, -0.05) is 91.0 Å². The molecule has 0 spiro atoms. The van der Waals surface area contributed by atoms with Crippen molar-refractivity contribution >= 4 is 6.09 Å². The molecule has 1 aliphatic heterocycles. The fourth-order valence-corrected chi connectivity index (χ4v) is 3.97. The highest BCUT2D eigenvalue weighted by molar-refractivity contribution is 5.68. The molecule has 0 saturated carbocycles. The summed E-state index contributed by atoms with van der Waals surface area (Å²) in [6.07, 6.45) is -0.575. The second-order valence-electron chi connectivity index (χ2n) is 9.21. The molecule has 172 valence electrons. The van der Waals surface area contributed by atoms with Gasteiger partial charge >= 0.3 is 6.09 Å². The van der Waals surface area contributed by atoms with Crippen molar-refractivity contribution in [2.75, 3.05) is 13.2 Å². The summed E-state index contributed by atoms with van der Waals surface area (Å²) in [5.41, 5.74) is 1.59. The van der Waals surface area contributed by atoms with Crippen molar-refractivity contribution < 1.29 is 19.0 Å². The number of nitrogens with one attached hydrogen (secondary N) is 1. The Labute approximate surface area is 195 Å². The van der Waals surface area contributed by atoms with Gasteiger partial charge in [0.25, 0.3) is 0 Å². The number of hydrogen-bond donors (Lipinski definition) is 1. The Kier molecular flexibility index (Phi) is 6.82. The average Bonchev–Trinajstić information content (AvgIpc) is 3.65. The molecule has 33 heavy (non-hydrogen) atoms. The zero-order valence-electron chi connectivity index (χ0n) is 19.4. The lowest BCUT2D eigenvalue weighted by Crippen LogP contribution is -2.47. The lowest BCUT2D eigenvalue weighted by atomic mass is 9.80. The van der Waals surface area contributed by atoms with Crippen LogP contribution in [0.25, 0.3) is 0 Å². The molecule has 1 aliphatic rings. The molecule has 5 nitrogen and oxygen atoms in total. The van der Waals surface area contributed by atoms with Crippen LogP contribution >= 0.6 is 0 Å². The molecule has 0 bridgehead atoms. The van der Waals surface area contributed by atoms with Crippen molar-refractivity contribution in [1.29, 1.82) is 0 Å².